The first kappa shape index (κ1) is 12.1. The largest absolute Gasteiger partial charge is 0.373 e. The van der Waals surface area contributed by atoms with Gasteiger partial charge >= 0.3 is 0 Å². The maximum Gasteiger partial charge on any atom is 0.0959 e. The van der Waals surface area contributed by atoms with Crippen molar-refractivity contribution >= 4 is 0 Å². The summed E-state index contributed by atoms with van der Waals surface area (Å²) < 4.78 is 11.9. The number of hydrogen-bond donors (Lipinski definition) is 0. The number of likely N-dealkylation sites (tertiary alicyclic amines) is 1. The second-order valence-corrected chi connectivity index (χ2v) is 5.49. The van der Waals surface area contributed by atoms with E-state index < -0.39 is 0 Å². The van der Waals surface area contributed by atoms with E-state index in [1.165, 1.54) is 5.56 Å². The zero-order valence-electron chi connectivity index (χ0n) is 10.8. The predicted octanol–water partition coefficient (Wildman–Crippen LogP) is 1.46. The van der Waals surface area contributed by atoms with Gasteiger partial charge in [0.25, 0.3) is 0 Å². The van der Waals surface area contributed by atoms with Crippen LogP contribution in [-0.4, -0.2) is 48.3 Å². The summed E-state index contributed by atoms with van der Waals surface area (Å²) in [4.78, 5) is 6.31. The molecule has 1 aromatic heterocycles. The molecule has 98 valence electrons. The molecule has 0 aromatic carbocycles. The van der Waals surface area contributed by atoms with Crippen LogP contribution in [0, 0.1) is 0 Å². The molecule has 0 N–H and O–H groups in total. The molecule has 0 saturated carbocycles. The fraction of sp³-hybridized carbons (Fsp3) is 0.643. The van der Waals surface area contributed by atoms with Crippen LogP contribution in [0.25, 0.3) is 0 Å². The van der Waals surface area contributed by atoms with Gasteiger partial charge in [-0.05, 0) is 31.2 Å². The second-order valence-electron chi connectivity index (χ2n) is 5.49. The van der Waals surface area contributed by atoms with E-state index in [2.05, 4.69) is 16.9 Å². The first-order chi connectivity index (χ1) is 8.76. The van der Waals surface area contributed by atoms with Gasteiger partial charge in [0, 0.05) is 38.5 Å². The van der Waals surface area contributed by atoms with Crippen LogP contribution in [0.3, 0.4) is 0 Å². The normalized spacial score (nSPS) is 27.1. The number of rotatable bonds is 3. The first-order valence-corrected chi connectivity index (χ1v) is 6.59. The molecule has 4 heteroatoms. The summed E-state index contributed by atoms with van der Waals surface area (Å²) in [6, 6.07) is 4.01. The van der Waals surface area contributed by atoms with E-state index >= 15 is 0 Å². The van der Waals surface area contributed by atoms with E-state index in [9.17, 15) is 0 Å². The van der Waals surface area contributed by atoms with Crippen molar-refractivity contribution in [1.82, 2.24) is 9.88 Å². The maximum atomic E-state index is 6.01. The number of aromatic nitrogens is 1. The van der Waals surface area contributed by atoms with Crippen LogP contribution in [0.1, 0.15) is 18.4 Å². The lowest BCUT2D eigenvalue weighted by molar-refractivity contribution is -0.193. The highest BCUT2D eigenvalue weighted by molar-refractivity contribution is 5.08. The summed E-state index contributed by atoms with van der Waals surface area (Å²) in [7, 11) is 2.13. The van der Waals surface area contributed by atoms with Gasteiger partial charge in [-0.25, -0.2) is 0 Å². The molecule has 4 nitrogen and oxygen atoms in total. The summed E-state index contributed by atoms with van der Waals surface area (Å²) in [6.45, 7) is 3.60. The molecule has 3 heterocycles. The Hall–Kier alpha value is -0.970. The molecule has 2 aliphatic heterocycles. The summed E-state index contributed by atoms with van der Waals surface area (Å²) in [5, 5.41) is 0. The minimum atomic E-state index is 0.0793. The average molecular weight is 248 g/mol. The van der Waals surface area contributed by atoms with Gasteiger partial charge in [0.1, 0.15) is 0 Å². The van der Waals surface area contributed by atoms with Crippen LogP contribution in [-0.2, 0) is 16.1 Å². The summed E-state index contributed by atoms with van der Waals surface area (Å²) in [5.41, 5.74) is 1.27. The molecule has 2 aliphatic rings. The van der Waals surface area contributed by atoms with Crippen LogP contribution >= 0.6 is 0 Å². The predicted molar refractivity (Wildman–Crippen MR) is 68.2 cm³/mol. The molecular formula is C14H20N2O2. The Morgan fingerprint density at radius 3 is 2.94 bits per heavy atom. The molecule has 1 spiro atoms. The highest BCUT2D eigenvalue weighted by Gasteiger charge is 2.46. The summed E-state index contributed by atoms with van der Waals surface area (Å²) >= 11 is 0. The zero-order valence-corrected chi connectivity index (χ0v) is 10.8. The Balaban J connectivity index is 1.51. The Morgan fingerprint density at radius 2 is 2.22 bits per heavy atom. The zero-order chi connectivity index (χ0) is 12.4. The smallest absolute Gasteiger partial charge is 0.0959 e. The van der Waals surface area contributed by atoms with E-state index in [-0.39, 0.29) is 5.60 Å². The van der Waals surface area contributed by atoms with Gasteiger partial charge in [0.15, 0.2) is 0 Å². The van der Waals surface area contributed by atoms with Crippen molar-refractivity contribution in [3.63, 3.8) is 0 Å². The lowest BCUT2D eigenvalue weighted by Crippen LogP contribution is -2.64. The average Bonchev–Trinajstić information content (AvgIpc) is 2.37. The molecule has 0 unspecified atom stereocenters. The monoisotopic (exact) mass is 248 g/mol. The molecule has 0 aliphatic carbocycles. The Bertz CT molecular complexity index is 385. The van der Waals surface area contributed by atoms with Crippen molar-refractivity contribution in [1.29, 1.82) is 0 Å². The Kier molecular flexibility index (Phi) is 3.33. The third-order valence-electron chi connectivity index (χ3n) is 3.80. The van der Waals surface area contributed by atoms with Crippen molar-refractivity contribution in [2.75, 3.05) is 26.7 Å². The minimum absolute atomic E-state index is 0.0793. The highest BCUT2D eigenvalue weighted by Crippen LogP contribution is 2.34. The SMILES string of the molecule is CN1CC2(C[C@H](OCc3ccncc3)CCO2)C1. The molecule has 0 amide bonds. The van der Waals surface area contributed by atoms with Crippen LogP contribution in [0.4, 0.5) is 0 Å². The second kappa shape index (κ2) is 4.96. The molecule has 0 radical (unpaired) electrons. The molecule has 1 aromatic rings. The van der Waals surface area contributed by atoms with E-state index in [0.717, 1.165) is 32.5 Å². The van der Waals surface area contributed by atoms with Crippen LogP contribution in [0.15, 0.2) is 24.5 Å². The standard InChI is InChI=1S/C14H20N2O2/c1-16-10-14(11-16)8-13(4-7-18-14)17-9-12-2-5-15-6-3-12/h2-3,5-6,13H,4,7-11H2,1H3/t13-/m1/s1. The van der Waals surface area contributed by atoms with E-state index in [1.807, 2.05) is 24.5 Å². The van der Waals surface area contributed by atoms with Crippen molar-refractivity contribution in [2.24, 2.45) is 0 Å². The van der Waals surface area contributed by atoms with Crippen molar-refractivity contribution in [3.8, 4) is 0 Å². The summed E-state index contributed by atoms with van der Waals surface area (Å²) in [6.07, 6.45) is 6.00. The Labute approximate surface area is 108 Å². The maximum absolute atomic E-state index is 6.01. The molecule has 18 heavy (non-hydrogen) atoms. The van der Waals surface area contributed by atoms with Gasteiger partial charge in [-0.15, -0.1) is 0 Å². The topological polar surface area (TPSA) is 34.6 Å². The third kappa shape index (κ3) is 2.55. The van der Waals surface area contributed by atoms with Crippen molar-refractivity contribution in [3.05, 3.63) is 30.1 Å². The van der Waals surface area contributed by atoms with Gasteiger partial charge in [-0.3, -0.25) is 4.98 Å². The fourth-order valence-corrected chi connectivity index (χ4v) is 2.98. The van der Waals surface area contributed by atoms with Crippen LogP contribution < -0.4 is 0 Å². The van der Waals surface area contributed by atoms with Crippen LogP contribution in [0.2, 0.25) is 0 Å². The number of likely N-dealkylation sites (N-methyl/N-ethyl adjacent to an activating group) is 1. The van der Waals surface area contributed by atoms with E-state index in [4.69, 9.17) is 9.47 Å². The van der Waals surface area contributed by atoms with E-state index in [1.54, 1.807) is 0 Å². The third-order valence-corrected chi connectivity index (χ3v) is 3.80. The first-order valence-electron chi connectivity index (χ1n) is 6.59. The molecule has 2 saturated heterocycles. The lowest BCUT2D eigenvalue weighted by atomic mass is 9.85. The number of ether oxygens (including phenoxy) is 2. The van der Waals surface area contributed by atoms with Gasteiger partial charge in [-0.2, -0.15) is 0 Å². The Morgan fingerprint density at radius 1 is 1.44 bits per heavy atom. The molecular weight excluding hydrogens is 228 g/mol. The van der Waals surface area contributed by atoms with Gasteiger partial charge in [0.05, 0.1) is 18.3 Å². The number of hydrogen-bond acceptors (Lipinski definition) is 4. The quantitative estimate of drug-likeness (QED) is 0.811. The fourth-order valence-electron chi connectivity index (χ4n) is 2.98. The molecule has 2 fully saturated rings. The lowest BCUT2D eigenvalue weighted by Gasteiger charge is -2.51. The van der Waals surface area contributed by atoms with Crippen molar-refractivity contribution < 1.29 is 9.47 Å². The molecule has 1 atom stereocenters. The molecule has 3 rings (SSSR count). The van der Waals surface area contributed by atoms with Crippen LogP contribution in [0.5, 0.6) is 0 Å². The summed E-state index contributed by atoms with van der Waals surface area (Å²) in [5.74, 6) is 0. The van der Waals surface area contributed by atoms with Gasteiger partial charge < -0.3 is 14.4 Å². The number of nitrogens with zero attached hydrogens (tertiary/aromatic N) is 2. The number of pyridine rings is 1. The van der Waals surface area contributed by atoms with Gasteiger partial charge in [-0.1, -0.05) is 0 Å². The highest BCUT2D eigenvalue weighted by atomic mass is 16.5. The van der Waals surface area contributed by atoms with E-state index in [0.29, 0.717) is 12.7 Å². The molecule has 0 bridgehead atoms. The minimum Gasteiger partial charge on any atom is -0.373 e. The van der Waals surface area contributed by atoms with Crippen molar-refractivity contribution in [2.45, 2.75) is 31.2 Å². The van der Waals surface area contributed by atoms with Gasteiger partial charge in [0.2, 0.25) is 0 Å².